The first-order valence-electron chi connectivity index (χ1n) is 10.8. The average molecular weight is 488 g/mol. The maximum absolute atomic E-state index is 12.9. The monoisotopic (exact) mass is 487 g/mol. The summed E-state index contributed by atoms with van der Waals surface area (Å²) in [7, 11) is 0. The van der Waals surface area contributed by atoms with Gasteiger partial charge in [-0.3, -0.25) is 10.2 Å². The van der Waals surface area contributed by atoms with Crippen molar-refractivity contribution in [3.63, 3.8) is 0 Å². The van der Waals surface area contributed by atoms with E-state index in [-0.39, 0.29) is 11.4 Å². The lowest BCUT2D eigenvalue weighted by atomic mass is 10.1. The lowest BCUT2D eigenvalue weighted by Gasteiger charge is -2.20. The molecule has 0 saturated carbocycles. The van der Waals surface area contributed by atoms with Crippen LogP contribution in [0.5, 0.6) is 0 Å². The molecule has 1 N–H and O–H groups in total. The molecule has 2 aliphatic rings. The Kier molecular flexibility index (Phi) is 5.54. The number of benzene rings is 2. The predicted molar refractivity (Wildman–Crippen MR) is 140 cm³/mol. The van der Waals surface area contributed by atoms with Crippen LogP contribution in [-0.2, 0) is 4.79 Å². The van der Waals surface area contributed by atoms with Crippen LogP contribution in [0.3, 0.4) is 0 Å². The Bertz CT molecular complexity index is 1480. The van der Waals surface area contributed by atoms with E-state index in [9.17, 15) is 4.79 Å². The van der Waals surface area contributed by atoms with Gasteiger partial charge in [-0.15, -0.1) is 0 Å². The van der Waals surface area contributed by atoms with Gasteiger partial charge in [-0.1, -0.05) is 47.5 Å². The fourth-order valence-electron chi connectivity index (χ4n) is 4.25. The molecule has 0 bridgehead atoms. The maximum Gasteiger partial charge on any atom is 0.283 e. The summed E-state index contributed by atoms with van der Waals surface area (Å²) in [5.74, 6) is -0.448. The minimum Gasteiger partial charge on any atom is -0.318 e. The molecule has 0 radical (unpaired) electrons. The number of aliphatic imine (C=N–C) groups is 1. The number of aryl methyl sites for hydroxylation is 3. The molecule has 0 spiro atoms. The number of aromatic nitrogens is 1. The molecule has 6 nitrogen and oxygen atoms in total. The van der Waals surface area contributed by atoms with Crippen LogP contribution in [0, 0.1) is 33.1 Å². The number of carbonyl (C=O) groups is 1. The number of nitrogens with zero attached hydrogens (tertiary/aromatic N) is 4. The van der Waals surface area contributed by atoms with Crippen LogP contribution in [0.1, 0.15) is 33.6 Å². The summed E-state index contributed by atoms with van der Waals surface area (Å²) in [6.07, 6.45) is 1.74. The van der Waals surface area contributed by atoms with Crippen LogP contribution in [-0.4, -0.2) is 31.5 Å². The van der Waals surface area contributed by atoms with Gasteiger partial charge >= 0.3 is 0 Å². The minimum atomic E-state index is -0.448. The number of fused-ring (bicyclic) bond motifs is 1. The quantitative estimate of drug-likeness (QED) is 0.458. The fourth-order valence-corrected chi connectivity index (χ4v) is 5.46. The Morgan fingerprint density at radius 1 is 1.06 bits per heavy atom. The highest BCUT2D eigenvalue weighted by Gasteiger charge is 2.36. The first-order chi connectivity index (χ1) is 16.2. The van der Waals surface area contributed by atoms with E-state index >= 15 is 0 Å². The molecule has 1 amide bonds. The number of rotatable bonds is 3. The van der Waals surface area contributed by atoms with Crippen molar-refractivity contribution >= 4 is 51.4 Å². The molecular weight excluding hydrogens is 466 g/mol. The van der Waals surface area contributed by atoms with Gasteiger partial charge in [-0.05, 0) is 74.9 Å². The molecule has 0 fully saturated rings. The van der Waals surface area contributed by atoms with E-state index in [1.165, 1.54) is 27.9 Å². The first kappa shape index (κ1) is 22.4. The number of nitrogens with one attached hydrogen (secondary N) is 1. The average Bonchev–Trinajstić information content (AvgIpc) is 3.32. The Labute approximate surface area is 207 Å². The van der Waals surface area contributed by atoms with Crippen molar-refractivity contribution in [2.24, 2.45) is 10.1 Å². The van der Waals surface area contributed by atoms with Gasteiger partial charge in [0.1, 0.15) is 5.04 Å². The lowest BCUT2D eigenvalue weighted by molar-refractivity contribution is -0.114. The van der Waals surface area contributed by atoms with Crippen molar-refractivity contribution in [1.29, 1.82) is 5.41 Å². The van der Waals surface area contributed by atoms with Crippen LogP contribution in [0.4, 0.5) is 0 Å². The highest BCUT2D eigenvalue weighted by Crippen LogP contribution is 2.33. The van der Waals surface area contributed by atoms with Crippen molar-refractivity contribution in [2.45, 2.75) is 27.7 Å². The smallest absolute Gasteiger partial charge is 0.283 e. The molecule has 2 aromatic carbocycles. The zero-order chi connectivity index (χ0) is 24.1. The number of thioether (sulfide) groups is 1. The van der Waals surface area contributed by atoms with E-state index in [0.717, 1.165) is 28.2 Å². The van der Waals surface area contributed by atoms with Crippen LogP contribution < -0.4 is 0 Å². The molecule has 34 heavy (non-hydrogen) atoms. The van der Waals surface area contributed by atoms with E-state index < -0.39 is 5.91 Å². The summed E-state index contributed by atoms with van der Waals surface area (Å²) in [4.78, 5) is 17.1. The molecular formula is C26H22ClN5OS. The van der Waals surface area contributed by atoms with Gasteiger partial charge < -0.3 is 4.57 Å². The first-order valence-corrected chi connectivity index (χ1v) is 12.0. The summed E-state index contributed by atoms with van der Waals surface area (Å²) < 4.78 is 2.17. The lowest BCUT2D eigenvalue weighted by Crippen LogP contribution is -2.35. The van der Waals surface area contributed by atoms with Crippen molar-refractivity contribution in [3.8, 4) is 5.69 Å². The standard InChI is InChI=1S/C26H22ClN5OS/c1-14-9-10-22(15(2)11-14)31-16(3)12-18(17(31)4)13-20-23(28)32-26(29-24(20)33)34-25(30-32)19-7-5-6-8-21(19)27/h5-13,28H,1-4H3/b20-13-,28-23?. The van der Waals surface area contributed by atoms with Gasteiger partial charge in [0, 0.05) is 22.6 Å². The second kappa shape index (κ2) is 8.42. The third-order valence-corrected chi connectivity index (χ3v) is 7.19. The van der Waals surface area contributed by atoms with Gasteiger partial charge in [0.05, 0.1) is 10.6 Å². The predicted octanol–water partition coefficient (Wildman–Crippen LogP) is 6.03. The van der Waals surface area contributed by atoms with Crippen LogP contribution >= 0.6 is 23.4 Å². The second-order valence-electron chi connectivity index (χ2n) is 8.36. The van der Waals surface area contributed by atoms with Gasteiger partial charge in [0.25, 0.3) is 5.91 Å². The number of hydrogen-bond donors (Lipinski definition) is 1. The highest BCUT2D eigenvalue weighted by molar-refractivity contribution is 8.27. The minimum absolute atomic E-state index is 0.000808. The van der Waals surface area contributed by atoms with Crippen LogP contribution in [0.15, 0.2) is 64.2 Å². The summed E-state index contributed by atoms with van der Waals surface area (Å²) in [5.41, 5.74) is 7.33. The molecule has 5 rings (SSSR count). The molecule has 3 aromatic rings. The molecule has 0 atom stereocenters. The van der Waals surface area contributed by atoms with Crippen LogP contribution in [0.25, 0.3) is 11.8 Å². The molecule has 170 valence electrons. The fraction of sp³-hybridized carbons (Fsp3) is 0.154. The number of halogens is 1. The Morgan fingerprint density at radius 2 is 1.82 bits per heavy atom. The topological polar surface area (TPSA) is 73.8 Å². The number of amidine groups is 2. The number of hydrogen-bond acceptors (Lipinski definition) is 4. The number of carbonyl (C=O) groups excluding carboxylic acids is 1. The molecule has 0 aliphatic carbocycles. The third kappa shape index (κ3) is 3.71. The SMILES string of the molecule is Cc1ccc(-n2c(C)cc(/C=C3/C(=N)N4N=C(c5ccccc5Cl)SC4=NC3=O)c2C)c(C)c1. The van der Waals surface area contributed by atoms with Crippen molar-refractivity contribution in [3.05, 3.63) is 92.8 Å². The Morgan fingerprint density at radius 3 is 2.56 bits per heavy atom. The molecule has 0 saturated heterocycles. The van der Waals surface area contributed by atoms with E-state index in [0.29, 0.717) is 15.2 Å². The Balaban J connectivity index is 1.53. The van der Waals surface area contributed by atoms with Gasteiger partial charge in [-0.2, -0.15) is 15.1 Å². The highest BCUT2D eigenvalue weighted by atomic mass is 35.5. The maximum atomic E-state index is 12.9. The van der Waals surface area contributed by atoms with E-state index in [4.69, 9.17) is 17.0 Å². The zero-order valence-corrected chi connectivity index (χ0v) is 20.8. The summed E-state index contributed by atoms with van der Waals surface area (Å²) in [5, 5.41) is 16.2. The van der Waals surface area contributed by atoms with Crippen LogP contribution in [0.2, 0.25) is 5.02 Å². The normalized spacial score (nSPS) is 16.7. The summed E-state index contributed by atoms with van der Waals surface area (Å²) >= 11 is 7.56. The summed E-state index contributed by atoms with van der Waals surface area (Å²) in [6, 6.07) is 15.7. The second-order valence-corrected chi connectivity index (χ2v) is 9.72. The Hall–Kier alpha value is -3.42. The number of hydrazone groups is 1. The van der Waals surface area contributed by atoms with Gasteiger partial charge in [0.15, 0.2) is 5.84 Å². The van der Waals surface area contributed by atoms with E-state index in [1.807, 2.05) is 38.1 Å². The third-order valence-electron chi connectivity index (χ3n) is 5.92. The largest absolute Gasteiger partial charge is 0.318 e. The van der Waals surface area contributed by atoms with Gasteiger partial charge in [-0.25, -0.2) is 0 Å². The van der Waals surface area contributed by atoms with Crippen molar-refractivity contribution < 1.29 is 4.79 Å². The van der Waals surface area contributed by atoms with Crippen molar-refractivity contribution in [1.82, 2.24) is 9.58 Å². The van der Waals surface area contributed by atoms with Gasteiger partial charge in [0.2, 0.25) is 5.17 Å². The molecule has 3 heterocycles. The molecule has 1 aromatic heterocycles. The van der Waals surface area contributed by atoms with E-state index in [2.05, 4.69) is 46.7 Å². The van der Waals surface area contributed by atoms with E-state index in [1.54, 1.807) is 12.1 Å². The van der Waals surface area contributed by atoms with Crippen molar-refractivity contribution in [2.75, 3.05) is 0 Å². The molecule has 8 heteroatoms. The zero-order valence-electron chi connectivity index (χ0n) is 19.2. The summed E-state index contributed by atoms with van der Waals surface area (Å²) in [6.45, 7) is 8.22. The number of amides is 1. The molecule has 2 aliphatic heterocycles. The molecule has 0 unspecified atom stereocenters.